The Bertz CT molecular complexity index is 1200. The Hall–Kier alpha value is -3.40. The third-order valence-electron chi connectivity index (χ3n) is 6.69. The largest absolute Gasteiger partial charge is 0.449 e. The number of nitrogens with zero attached hydrogens (tertiary/aromatic N) is 4. The second kappa shape index (κ2) is 9.69. The van der Waals surface area contributed by atoms with Gasteiger partial charge in [-0.15, -0.1) is 0 Å². The molecule has 1 amide bonds. The van der Waals surface area contributed by atoms with Crippen molar-refractivity contribution in [1.82, 2.24) is 25.1 Å². The van der Waals surface area contributed by atoms with E-state index in [9.17, 15) is 9.90 Å². The van der Waals surface area contributed by atoms with Gasteiger partial charge in [0.2, 0.25) is 0 Å². The third-order valence-corrected chi connectivity index (χ3v) is 6.69. The molecule has 0 aliphatic carbocycles. The van der Waals surface area contributed by atoms with Crippen molar-refractivity contribution in [2.24, 2.45) is 5.92 Å². The number of rotatable bonds is 7. The van der Waals surface area contributed by atoms with Gasteiger partial charge < -0.3 is 25.4 Å². The van der Waals surface area contributed by atoms with Crippen molar-refractivity contribution in [3.63, 3.8) is 0 Å². The van der Waals surface area contributed by atoms with Gasteiger partial charge >= 0.3 is 6.09 Å². The summed E-state index contributed by atoms with van der Waals surface area (Å²) in [5, 5.41) is 24.5. The highest BCUT2D eigenvalue weighted by Gasteiger charge is 2.44. The number of nitrogens with one attached hydrogen (secondary N) is 3. The van der Waals surface area contributed by atoms with E-state index in [-0.39, 0.29) is 30.8 Å². The Morgan fingerprint density at radius 1 is 1.20 bits per heavy atom. The monoisotopic (exact) mass is 479 g/mol. The van der Waals surface area contributed by atoms with Crippen LogP contribution in [-0.2, 0) is 11.3 Å². The number of fused-ring (bicyclic) bond motifs is 3. The molecule has 3 aromatic rings. The summed E-state index contributed by atoms with van der Waals surface area (Å²) < 4.78 is 5.54. The summed E-state index contributed by atoms with van der Waals surface area (Å²) >= 11 is 0. The van der Waals surface area contributed by atoms with E-state index in [1.54, 1.807) is 0 Å². The van der Waals surface area contributed by atoms with Crippen LogP contribution in [0.2, 0.25) is 0 Å². The van der Waals surface area contributed by atoms with Gasteiger partial charge in [-0.3, -0.25) is 10.1 Å². The first kappa shape index (κ1) is 23.3. The molecule has 0 aromatic carbocycles. The van der Waals surface area contributed by atoms with Crippen LogP contribution in [0.25, 0.3) is 10.9 Å². The smallest absolute Gasteiger partial charge is 0.410 e. The number of piperidine rings is 1. The molecule has 10 heteroatoms. The molecule has 2 fully saturated rings. The number of aliphatic hydroxyl groups excluding tert-OH is 1. The number of H-pyrrole nitrogens is 1. The van der Waals surface area contributed by atoms with Gasteiger partial charge in [-0.2, -0.15) is 5.10 Å². The molecule has 0 unspecified atom stereocenters. The number of carbonyl (C=O) groups is 1. The van der Waals surface area contributed by atoms with Gasteiger partial charge in [0.15, 0.2) is 5.82 Å². The molecule has 0 spiro atoms. The minimum absolute atomic E-state index is 0.128. The Kier molecular flexibility index (Phi) is 6.46. The SMILES string of the molecule is Cc1cc(Nc2cc3nc(CO)ccc3c(N[C@H]3C[C@H]4CC[C@@H](C3)N4C(=O)OCC(C)C)n2)n[nH]1. The van der Waals surface area contributed by atoms with Crippen molar-refractivity contribution in [2.75, 3.05) is 17.2 Å². The lowest BCUT2D eigenvalue weighted by molar-refractivity contribution is 0.0603. The van der Waals surface area contributed by atoms with Crippen LogP contribution in [0.1, 0.15) is 50.9 Å². The van der Waals surface area contributed by atoms with Crippen molar-refractivity contribution >= 4 is 34.4 Å². The third kappa shape index (κ3) is 5.02. The molecule has 5 heterocycles. The van der Waals surface area contributed by atoms with Crippen LogP contribution >= 0.6 is 0 Å². The number of aliphatic hydroxyl groups is 1. The number of aryl methyl sites for hydroxylation is 1. The topological polar surface area (TPSA) is 128 Å². The summed E-state index contributed by atoms with van der Waals surface area (Å²) in [5.41, 5.74) is 2.28. The minimum Gasteiger partial charge on any atom is -0.449 e. The molecule has 3 atom stereocenters. The molecule has 186 valence electrons. The lowest BCUT2D eigenvalue weighted by Crippen LogP contribution is -2.50. The summed E-state index contributed by atoms with van der Waals surface area (Å²) in [7, 11) is 0. The first-order chi connectivity index (χ1) is 16.9. The maximum atomic E-state index is 12.7. The molecule has 2 saturated heterocycles. The molecule has 3 aromatic heterocycles. The second-order valence-corrected chi connectivity index (χ2v) is 10.0. The van der Waals surface area contributed by atoms with E-state index in [0.717, 1.165) is 48.1 Å². The quantitative estimate of drug-likeness (QED) is 0.399. The average Bonchev–Trinajstić information content (AvgIpc) is 3.36. The molecular weight excluding hydrogens is 446 g/mol. The number of aromatic amines is 1. The molecule has 35 heavy (non-hydrogen) atoms. The van der Waals surface area contributed by atoms with E-state index < -0.39 is 0 Å². The van der Waals surface area contributed by atoms with Crippen LogP contribution in [0.3, 0.4) is 0 Å². The molecule has 2 aliphatic heterocycles. The van der Waals surface area contributed by atoms with Crippen LogP contribution in [0, 0.1) is 12.8 Å². The number of ether oxygens (including phenoxy) is 1. The van der Waals surface area contributed by atoms with E-state index in [0.29, 0.717) is 29.9 Å². The van der Waals surface area contributed by atoms with Crippen molar-refractivity contribution < 1.29 is 14.6 Å². The molecule has 2 aliphatic rings. The number of anilines is 3. The van der Waals surface area contributed by atoms with Gasteiger partial charge in [0, 0.05) is 41.3 Å². The highest BCUT2D eigenvalue weighted by molar-refractivity contribution is 5.91. The van der Waals surface area contributed by atoms with Gasteiger partial charge in [0.25, 0.3) is 0 Å². The van der Waals surface area contributed by atoms with Crippen LogP contribution in [-0.4, -0.2) is 61.0 Å². The summed E-state index contributed by atoms with van der Waals surface area (Å²) in [5.74, 6) is 2.34. The number of aromatic nitrogens is 4. The second-order valence-electron chi connectivity index (χ2n) is 10.0. The van der Waals surface area contributed by atoms with Gasteiger partial charge in [0.05, 0.1) is 24.4 Å². The highest BCUT2D eigenvalue weighted by Crippen LogP contribution is 2.38. The number of pyridine rings is 2. The van der Waals surface area contributed by atoms with Crippen molar-refractivity contribution in [2.45, 2.75) is 71.2 Å². The van der Waals surface area contributed by atoms with Gasteiger partial charge in [-0.05, 0) is 50.7 Å². The van der Waals surface area contributed by atoms with Crippen LogP contribution < -0.4 is 10.6 Å². The lowest BCUT2D eigenvalue weighted by atomic mass is 9.97. The number of carbonyl (C=O) groups excluding carboxylic acids is 1. The molecule has 0 radical (unpaired) electrons. The van der Waals surface area contributed by atoms with E-state index in [1.165, 1.54) is 0 Å². The zero-order chi connectivity index (χ0) is 24.5. The zero-order valence-electron chi connectivity index (χ0n) is 20.4. The number of hydrogen-bond acceptors (Lipinski definition) is 8. The molecule has 2 bridgehead atoms. The lowest BCUT2D eigenvalue weighted by Gasteiger charge is -2.38. The Morgan fingerprint density at radius 2 is 1.97 bits per heavy atom. The Balaban J connectivity index is 1.37. The fourth-order valence-corrected chi connectivity index (χ4v) is 5.14. The number of hydrogen-bond donors (Lipinski definition) is 4. The average molecular weight is 480 g/mol. The minimum atomic E-state index is -0.186. The standard InChI is InChI=1S/C25H33N7O3/c1-14(2)13-35-25(34)32-18-5-6-19(32)10-17(9-18)27-24-20-7-4-16(12-33)26-21(20)11-22(29-24)28-23-8-15(3)30-31-23/h4,7-8,11,14,17-19,33H,5-6,9-10,12-13H2,1-3H3,(H3,27,28,29,30,31)/t17-,18+,19-. The van der Waals surface area contributed by atoms with E-state index in [2.05, 4.69) is 25.8 Å². The first-order valence-corrected chi connectivity index (χ1v) is 12.3. The molecular formula is C25H33N7O3. The van der Waals surface area contributed by atoms with Crippen molar-refractivity contribution in [3.05, 3.63) is 35.7 Å². The summed E-state index contributed by atoms with van der Waals surface area (Å²) in [4.78, 5) is 24.1. The van der Waals surface area contributed by atoms with E-state index in [4.69, 9.17) is 9.72 Å². The fourth-order valence-electron chi connectivity index (χ4n) is 5.14. The van der Waals surface area contributed by atoms with Crippen LogP contribution in [0.5, 0.6) is 0 Å². The van der Waals surface area contributed by atoms with Crippen LogP contribution in [0.4, 0.5) is 22.2 Å². The van der Waals surface area contributed by atoms with Crippen molar-refractivity contribution in [3.8, 4) is 0 Å². The van der Waals surface area contributed by atoms with Gasteiger partial charge in [-0.1, -0.05) is 13.8 Å². The Morgan fingerprint density at radius 3 is 2.63 bits per heavy atom. The molecule has 4 N–H and O–H groups in total. The molecule has 5 rings (SSSR count). The van der Waals surface area contributed by atoms with Gasteiger partial charge in [0.1, 0.15) is 11.6 Å². The van der Waals surface area contributed by atoms with Gasteiger partial charge in [-0.25, -0.2) is 9.78 Å². The van der Waals surface area contributed by atoms with Crippen molar-refractivity contribution in [1.29, 1.82) is 0 Å². The molecule has 10 nitrogen and oxygen atoms in total. The maximum Gasteiger partial charge on any atom is 0.410 e. The zero-order valence-corrected chi connectivity index (χ0v) is 20.4. The van der Waals surface area contributed by atoms with E-state index >= 15 is 0 Å². The summed E-state index contributed by atoms with van der Waals surface area (Å²) in [6.07, 6.45) is 3.49. The first-order valence-electron chi connectivity index (χ1n) is 12.3. The predicted molar refractivity (Wildman–Crippen MR) is 134 cm³/mol. The fraction of sp³-hybridized carbons (Fsp3) is 0.520. The predicted octanol–water partition coefficient (Wildman–Crippen LogP) is 4.10. The van der Waals surface area contributed by atoms with E-state index in [1.807, 2.05) is 49.9 Å². The maximum absolute atomic E-state index is 12.7. The highest BCUT2D eigenvalue weighted by atomic mass is 16.6. The summed E-state index contributed by atoms with van der Waals surface area (Å²) in [6, 6.07) is 8.05. The van der Waals surface area contributed by atoms with Crippen LogP contribution in [0.15, 0.2) is 24.3 Å². The normalized spacial score (nSPS) is 21.5. The Labute approximate surface area is 204 Å². The number of amides is 1. The molecule has 0 saturated carbocycles. The summed E-state index contributed by atoms with van der Waals surface area (Å²) in [6.45, 7) is 6.35.